The molecule has 0 bridgehead atoms. The lowest BCUT2D eigenvalue weighted by molar-refractivity contribution is 0.271. The van der Waals surface area contributed by atoms with Crippen molar-refractivity contribution < 1.29 is 8.42 Å². The first-order chi connectivity index (χ1) is 9.77. The summed E-state index contributed by atoms with van der Waals surface area (Å²) in [4.78, 5) is 2.52. The van der Waals surface area contributed by atoms with Crippen molar-refractivity contribution in [3.63, 3.8) is 0 Å². The molecule has 0 aromatic carbocycles. The minimum absolute atomic E-state index is 0.326. The molecule has 0 radical (unpaired) electrons. The minimum atomic E-state index is -3.42. The van der Waals surface area contributed by atoms with Crippen LogP contribution in [-0.4, -0.2) is 51.1 Å². The Balaban J connectivity index is 2.56. The van der Waals surface area contributed by atoms with Crippen LogP contribution in [-0.2, 0) is 23.6 Å². The monoisotopic (exact) mass is 316 g/mol. The van der Waals surface area contributed by atoms with Crippen LogP contribution in [0.1, 0.15) is 26.0 Å². The molecule has 2 N–H and O–H groups in total. The largest absolute Gasteiger partial charge is 0.352 e. The second-order valence-electron chi connectivity index (χ2n) is 5.63. The van der Waals surface area contributed by atoms with E-state index in [2.05, 4.69) is 28.8 Å². The molecule has 0 aliphatic heterocycles. The molecule has 0 fully saturated rings. The topological polar surface area (TPSA) is 66.4 Å². The third-order valence-electron chi connectivity index (χ3n) is 3.61. The first-order valence-electron chi connectivity index (χ1n) is 7.27. The number of hydrogen-bond donors (Lipinski definition) is 2. The van der Waals surface area contributed by atoms with Gasteiger partial charge < -0.3 is 14.8 Å². The number of aromatic nitrogens is 1. The van der Waals surface area contributed by atoms with Crippen LogP contribution < -0.4 is 10.0 Å². The molecule has 0 amide bonds. The van der Waals surface area contributed by atoms with Gasteiger partial charge in [0.1, 0.15) is 0 Å². The van der Waals surface area contributed by atoms with E-state index < -0.39 is 10.0 Å². The maximum absolute atomic E-state index is 12.2. The zero-order valence-electron chi connectivity index (χ0n) is 13.7. The molecular formula is C14H28N4O2S. The fraction of sp³-hybridized carbons (Fsp3) is 0.714. The summed E-state index contributed by atoms with van der Waals surface area (Å²) < 4.78 is 28.9. The molecule has 1 aromatic rings. The highest BCUT2D eigenvalue weighted by molar-refractivity contribution is 7.89. The summed E-state index contributed by atoms with van der Waals surface area (Å²) in [6.07, 6.45) is 2.44. The van der Waals surface area contributed by atoms with Gasteiger partial charge >= 0.3 is 0 Å². The number of sulfonamides is 1. The van der Waals surface area contributed by atoms with E-state index in [0.717, 1.165) is 18.7 Å². The van der Waals surface area contributed by atoms with Gasteiger partial charge in [-0.2, -0.15) is 0 Å². The van der Waals surface area contributed by atoms with Crippen molar-refractivity contribution in [3.8, 4) is 0 Å². The Hall–Kier alpha value is -0.890. The van der Waals surface area contributed by atoms with Crippen molar-refractivity contribution in [2.24, 2.45) is 7.05 Å². The van der Waals surface area contributed by atoms with Crippen LogP contribution in [0.2, 0.25) is 0 Å². The fourth-order valence-corrected chi connectivity index (χ4v) is 3.13. The van der Waals surface area contributed by atoms with E-state index in [4.69, 9.17) is 0 Å². The van der Waals surface area contributed by atoms with Crippen LogP contribution in [0.3, 0.4) is 0 Å². The molecule has 0 saturated heterocycles. The Morgan fingerprint density at radius 3 is 2.62 bits per heavy atom. The van der Waals surface area contributed by atoms with Crippen molar-refractivity contribution >= 4 is 10.0 Å². The van der Waals surface area contributed by atoms with Gasteiger partial charge in [0.05, 0.1) is 4.90 Å². The first-order valence-corrected chi connectivity index (χ1v) is 8.76. The molecule has 0 spiro atoms. The molecule has 1 rings (SSSR count). The molecule has 21 heavy (non-hydrogen) atoms. The molecular weight excluding hydrogens is 288 g/mol. The summed E-state index contributed by atoms with van der Waals surface area (Å²) in [5.74, 6) is 0. The molecule has 0 atom stereocenters. The van der Waals surface area contributed by atoms with E-state index in [9.17, 15) is 8.42 Å². The second kappa shape index (κ2) is 7.93. The van der Waals surface area contributed by atoms with Gasteiger partial charge in [-0.3, -0.25) is 0 Å². The molecule has 0 saturated carbocycles. The van der Waals surface area contributed by atoms with Crippen LogP contribution in [0.5, 0.6) is 0 Å². The first kappa shape index (κ1) is 18.2. The van der Waals surface area contributed by atoms with Gasteiger partial charge in [-0.15, -0.1) is 0 Å². The summed E-state index contributed by atoms with van der Waals surface area (Å²) in [6.45, 7) is 6.22. The standard InChI is InChI=1S/C14H28N4O2S/c1-12(2)17(4)8-6-7-16-21(19,20)14-9-13(10-15-3)18(5)11-14/h9,11-12,15-16H,6-8,10H2,1-5H3. The molecule has 6 nitrogen and oxygen atoms in total. The van der Waals surface area contributed by atoms with Gasteiger partial charge in [-0.1, -0.05) is 0 Å². The van der Waals surface area contributed by atoms with Crippen LogP contribution in [0.25, 0.3) is 0 Å². The van der Waals surface area contributed by atoms with Crippen molar-refractivity contribution in [3.05, 3.63) is 18.0 Å². The van der Waals surface area contributed by atoms with E-state index in [1.54, 1.807) is 12.3 Å². The minimum Gasteiger partial charge on any atom is -0.352 e. The van der Waals surface area contributed by atoms with E-state index in [-0.39, 0.29) is 0 Å². The van der Waals surface area contributed by atoms with Crippen LogP contribution >= 0.6 is 0 Å². The summed E-state index contributed by atoms with van der Waals surface area (Å²) >= 11 is 0. The van der Waals surface area contributed by atoms with E-state index in [1.165, 1.54) is 0 Å². The molecule has 0 unspecified atom stereocenters. The summed E-state index contributed by atoms with van der Waals surface area (Å²) in [5.41, 5.74) is 0.942. The Kier molecular flexibility index (Phi) is 6.86. The third-order valence-corrected chi connectivity index (χ3v) is 5.04. The van der Waals surface area contributed by atoms with Gasteiger partial charge in [-0.25, -0.2) is 13.1 Å². The molecule has 0 aliphatic rings. The van der Waals surface area contributed by atoms with E-state index in [0.29, 0.717) is 24.0 Å². The summed E-state index contributed by atoms with van der Waals surface area (Å²) in [5, 5.41) is 3.02. The molecule has 122 valence electrons. The Morgan fingerprint density at radius 1 is 1.38 bits per heavy atom. The molecule has 1 heterocycles. The Bertz CT molecular complexity index is 537. The zero-order chi connectivity index (χ0) is 16.0. The fourth-order valence-electron chi connectivity index (χ4n) is 1.96. The summed E-state index contributed by atoms with van der Waals surface area (Å²) in [6, 6.07) is 2.18. The average molecular weight is 316 g/mol. The van der Waals surface area contributed by atoms with Gasteiger partial charge in [0, 0.05) is 38.1 Å². The molecule has 1 aromatic heterocycles. The van der Waals surface area contributed by atoms with Gasteiger partial charge in [-0.05, 0) is 47.0 Å². The zero-order valence-corrected chi connectivity index (χ0v) is 14.5. The van der Waals surface area contributed by atoms with Gasteiger partial charge in [0.25, 0.3) is 0 Å². The Morgan fingerprint density at radius 2 is 2.05 bits per heavy atom. The van der Waals surface area contributed by atoms with Crippen molar-refractivity contribution in [2.75, 3.05) is 27.2 Å². The number of rotatable bonds is 9. The highest BCUT2D eigenvalue weighted by Crippen LogP contribution is 2.13. The normalized spacial score (nSPS) is 12.5. The number of nitrogens with one attached hydrogen (secondary N) is 2. The number of aryl methyl sites for hydroxylation is 1. The lowest BCUT2D eigenvalue weighted by Crippen LogP contribution is -2.31. The summed E-state index contributed by atoms with van der Waals surface area (Å²) in [7, 11) is 2.31. The SMILES string of the molecule is CNCc1cc(S(=O)(=O)NCCCN(C)C(C)C)cn1C. The number of hydrogen-bond acceptors (Lipinski definition) is 4. The van der Waals surface area contributed by atoms with Crippen LogP contribution in [0.4, 0.5) is 0 Å². The van der Waals surface area contributed by atoms with Crippen molar-refractivity contribution in [1.29, 1.82) is 0 Å². The third kappa shape index (κ3) is 5.43. The lowest BCUT2D eigenvalue weighted by Gasteiger charge is -2.20. The van der Waals surface area contributed by atoms with Crippen molar-refractivity contribution in [2.45, 2.75) is 37.8 Å². The van der Waals surface area contributed by atoms with Crippen LogP contribution in [0, 0.1) is 0 Å². The molecule has 0 aliphatic carbocycles. The van der Waals surface area contributed by atoms with Gasteiger partial charge in [0.15, 0.2) is 0 Å². The quantitative estimate of drug-likeness (QED) is 0.660. The maximum Gasteiger partial charge on any atom is 0.242 e. The predicted octanol–water partition coefficient (Wildman–Crippen LogP) is 0.753. The smallest absolute Gasteiger partial charge is 0.242 e. The number of nitrogens with zero attached hydrogens (tertiary/aromatic N) is 2. The second-order valence-corrected chi connectivity index (χ2v) is 7.40. The Labute approximate surface area is 128 Å². The van der Waals surface area contributed by atoms with E-state index in [1.807, 2.05) is 25.7 Å². The van der Waals surface area contributed by atoms with Crippen LogP contribution in [0.15, 0.2) is 17.2 Å². The molecule has 7 heteroatoms. The van der Waals surface area contributed by atoms with Gasteiger partial charge in [0.2, 0.25) is 10.0 Å². The lowest BCUT2D eigenvalue weighted by atomic mass is 10.3. The van der Waals surface area contributed by atoms with Crippen molar-refractivity contribution in [1.82, 2.24) is 19.5 Å². The highest BCUT2D eigenvalue weighted by atomic mass is 32.2. The highest BCUT2D eigenvalue weighted by Gasteiger charge is 2.16. The predicted molar refractivity (Wildman–Crippen MR) is 85.7 cm³/mol. The van der Waals surface area contributed by atoms with E-state index >= 15 is 0 Å². The average Bonchev–Trinajstić information content (AvgIpc) is 2.77. The maximum atomic E-state index is 12.2.